The van der Waals surface area contributed by atoms with E-state index >= 15 is 0 Å². The summed E-state index contributed by atoms with van der Waals surface area (Å²) in [7, 11) is 0. The highest BCUT2D eigenvalue weighted by Crippen LogP contribution is 2.22. The summed E-state index contributed by atoms with van der Waals surface area (Å²) < 4.78 is 1.64. The van der Waals surface area contributed by atoms with Crippen molar-refractivity contribution in [2.24, 2.45) is 4.99 Å². The zero-order valence-corrected chi connectivity index (χ0v) is 15.8. The van der Waals surface area contributed by atoms with E-state index in [1.165, 1.54) is 0 Å². The van der Waals surface area contributed by atoms with E-state index < -0.39 is 5.69 Å². The Balaban J connectivity index is 1.59. The molecule has 1 fully saturated rings. The molecule has 30 heavy (non-hydrogen) atoms. The van der Waals surface area contributed by atoms with E-state index in [0.29, 0.717) is 28.7 Å². The summed E-state index contributed by atoms with van der Waals surface area (Å²) in [6.45, 7) is 0.472. The van der Waals surface area contributed by atoms with Gasteiger partial charge >= 0.3 is 5.69 Å². The van der Waals surface area contributed by atoms with E-state index in [1.807, 2.05) is 12.1 Å². The van der Waals surface area contributed by atoms with Crippen molar-refractivity contribution < 1.29 is 10.2 Å². The number of aromatic hydroxyl groups is 2. The Bertz CT molecular complexity index is 1410. The van der Waals surface area contributed by atoms with Crippen molar-refractivity contribution in [3.8, 4) is 11.6 Å². The number of hydrogen-bond donors (Lipinski definition) is 5. The van der Waals surface area contributed by atoms with Crippen LogP contribution in [-0.4, -0.2) is 40.8 Å². The summed E-state index contributed by atoms with van der Waals surface area (Å²) >= 11 is 0. The van der Waals surface area contributed by atoms with Gasteiger partial charge in [-0.05, 0) is 36.6 Å². The Morgan fingerprint density at radius 1 is 1.27 bits per heavy atom. The van der Waals surface area contributed by atoms with E-state index in [0.717, 1.165) is 18.4 Å². The molecule has 1 aliphatic rings. The first-order chi connectivity index (χ1) is 14.5. The van der Waals surface area contributed by atoms with Gasteiger partial charge in [-0.25, -0.2) is 9.78 Å². The van der Waals surface area contributed by atoms with Crippen LogP contribution in [-0.2, 0) is 6.54 Å². The lowest BCUT2D eigenvalue weighted by atomic mass is 10.2. The molecule has 3 heterocycles. The molecule has 0 aliphatic heterocycles. The number of H-pyrrole nitrogens is 2. The summed E-state index contributed by atoms with van der Waals surface area (Å²) in [6.07, 6.45) is 5.31. The molecule has 10 heteroatoms. The molecule has 0 saturated heterocycles. The lowest BCUT2D eigenvalue weighted by Crippen LogP contribution is -2.20. The highest BCUT2D eigenvalue weighted by atomic mass is 16.3. The van der Waals surface area contributed by atoms with Gasteiger partial charge in [0.25, 0.3) is 0 Å². The fourth-order valence-electron chi connectivity index (χ4n) is 3.15. The number of hydrogen-bond acceptors (Lipinski definition) is 7. The Kier molecular flexibility index (Phi) is 4.24. The maximum absolute atomic E-state index is 11.4. The number of nitrogens with zero attached hydrogens (tertiary/aromatic N) is 4. The Labute approximate surface area is 169 Å². The first kappa shape index (κ1) is 18.0. The fourth-order valence-corrected chi connectivity index (χ4v) is 3.15. The van der Waals surface area contributed by atoms with Crippen molar-refractivity contribution in [1.29, 1.82) is 0 Å². The number of phenolic OH excluding ortho intramolecular Hbond substituents is 1. The molecule has 3 aromatic heterocycles. The first-order valence-electron chi connectivity index (χ1n) is 9.52. The smallest absolute Gasteiger partial charge is 0.326 e. The molecule has 5 rings (SSSR count). The van der Waals surface area contributed by atoms with Crippen LogP contribution in [0.2, 0.25) is 0 Å². The Morgan fingerprint density at radius 3 is 2.87 bits per heavy atom. The highest BCUT2D eigenvalue weighted by molar-refractivity contribution is 5.58. The molecule has 0 atom stereocenters. The van der Waals surface area contributed by atoms with Crippen molar-refractivity contribution in [3.05, 3.63) is 69.0 Å². The second-order valence-corrected chi connectivity index (χ2v) is 7.20. The molecular weight excluding hydrogens is 386 g/mol. The summed E-state index contributed by atoms with van der Waals surface area (Å²) in [5.41, 5.74) is 1.87. The van der Waals surface area contributed by atoms with Gasteiger partial charge in [-0.3, -0.25) is 9.98 Å². The van der Waals surface area contributed by atoms with E-state index in [-0.39, 0.29) is 23.4 Å². The molecule has 5 N–H and O–H groups in total. The van der Waals surface area contributed by atoms with Crippen LogP contribution in [0.4, 0.5) is 5.82 Å². The average molecular weight is 405 g/mol. The Hall–Kier alpha value is -4.08. The normalized spacial score (nSPS) is 15.2. The number of benzene rings is 1. The molecule has 152 valence electrons. The molecule has 1 saturated carbocycles. The largest absolute Gasteiger partial charge is 0.508 e. The molecule has 0 radical (unpaired) electrons. The second kappa shape index (κ2) is 7.07. The van der Waals surface area contributed by atoms with Crippen molar-refractivity contribution in [2.75, 3.05) is 5.32 Å². The van der Waals surface area contributed by atoms with Crippen LogP contribution in [0.3, 0.4) is 0 Å². The minimum Gasteiger partial charge on any atom is -0.508 e. The summed E-state index contributed by atoms with van der Waals surface area (Å²) in [5.74, 6) is 0.558. The maximum Gasteiger partial charge on any atom is 0.326 e. The number of anilines is 1. The number of phenols is 1. The number of rotatable bonds is 5. The van der Waals surface area contributed by atoms with Gasteiger partial charge in [0.05, 0.1) is 12.2 Å². The number of aromatic amines is 2. The molecule has 0 unspecified atom stereocenters. The fraction of sp³-hybridized carbons (Fsp3) is 0.200. The van der Waals surface area contributed by atoms with Crippen molar-refractivity contribution in [2.45, 2.75) is 25.4 Å². The van der Waals surface area contributed by atoms with E-state index in [9.17, 15) is 15.0 Å². The number of aromatic nitrogens is 5. The molecule has 1 aliphatic carbocycles. The monoisotopic (exact) mass is 405 g/mol. The van der Waals surface area contributed by atoms with Gasteiger partial charge in [-0.15, -0.1) is 0 Å². The van der Waals surface area contributed by atoms with Gasteiger partial charge in [0.1, 0.15) is 17.3 Å². The van der Waals surface area contributed by atoms with Crippen molar-refractivity contribution in [3.63, 3.8) is 0 Å². The summed E-state index contributed by atoms with van der Waals surface area (Å²) in [4.78, 5) is 25.6. The quantitative estimate of drug-likeness (QED) is 0.325. The van der Waals surface area contributed by atoms with E-state index in [4.69, 9.17) is 4.99 Å². The second-order valence-electron chi connectivity index (χ2n) is 7.20. The van der Waals surface area contributed by atoms with Gasteiger partial charge < -0.3 is 20.5 Å². The molecule has 10 nitrogen and oxygen atoms in total. The minimum absolute atomic E-state index is 0.204. The van der Waals surface area contributed by atoms with Crippen LogP contribution >= 0.6 is 0 Å². The molecule has 1 aromatic carbocycles. The molecular formula is C20H19N7O3. The van der Waals surface area contributed by atoms with Crippen LogP contribution in [0.25, 0.3) is 11.7 Å². The highest BCUT2D eigenvalue weighted by Gasteiger charge is 2.20. The van der Waals surface area contributed by atoms with Crippen LogP contribution in [0.5, 0.6) is 11.6 Å². The number of fused-ring (bicyclic) bond motifs is 1. The van der Waals surface area contributed by atoms with Gasteiger partial charge in [-0.2, -0.15) is 9.61 Å². The van der Waals surface area contributed by atoms with E-state index in [2.05, 4.69) is 25.4 Å². The molecule has 0 spiro atoms. The van der Waals surface area contributed by atoms with Crippen LogP contribution in [0.15, 0.2) is 46.3 Å². The standard InChI is InChI=1S/C20H19N7O3/c28-14-3-1-2-11(6-14)9-21-16-8-17(23-13-4-5-13)27-18(25-16)12(10-22-27)7-15-19(29)26-20(30)24-15/h1-3,6-8,10,13,21,28-29H,4-5,9H2,(H2,24,26,30)/b12-7+,23-17?. The van der Waals surface area contributed by atoms with E-state index in [1.54, 1.807) is 35.0 Å². The first-order valence-corrected chi connectivity index (χ1v) is 9.52. The third-order valence-electron chi connectivity index (χ3n) is 4.76. The van der Waals surface area contributed by atoms with Crippen molar-refractivity contribution in [1.82, 2.24) is 24.6 Å². The van der Waals surface area contributed by atoms with Crippen LogP contribution in [0.1, 0.15) is 24.1 Å². The van der Waals surface area contributed by atoms with Crippen LogP contribution < -0.4 is 21.7 Å². The number of nitrogens with one attached hydrogen (secondary N) is 3. The summed E-state index contributed by atoms with van der Waals surface area (Å²) in [5, 5.41) is 27.8. The van der Waals surface area contributed by atoms with Crippen molar-refractivity contribution >= 4 is 17.5 Å². The predicted molar refractivity (Wildman–Crippen MR) is 109 cm³/mol. The average Bonchev–Trinajstić information content (AvgIpc) is 3.35. The number of imidazole rings is 1. The molecule has 0 amide bonds. The lowest BCUT2D eigenvalue weighted by Gasteiger charge is -2.07. The van der Waals surface area contributed by atoms with Crippen LogP contribution in [0, 0.1) is 0 Å². The van der Waals surface area contributed by atoms with Gasteiger partial charge in [0, 0.05) is 17.8 Å². The lowest BCUT2D eigenvalue weighted by molar-refractivity contribution is 0.454. The van der Waals surface area contributed by atoms with Gasteiger partial charge in [0.2, 0.25) is 5.88 Å². The third kappa shape index (κ3) is 3.62. The minimum atomic E-state index is -0.499. The van der Waals surface area contributed by atoms with Gasteiger partial charge in [0.15, 0.2) is 11.1 Å². The Morgan fingerprint density at radius 2 is 2.13 bits per heavy atom. The predicted octanol–water partition coefficient (Wildman–Crippen LogP) is 0.380. The topological polar surface area (TPSA) is 144 Å². The zero-order valence-electron chi connectivity index (χ0n) is 15.8. The van der Waals surface area contributed by atoms with Gasteiger partial charge in [-0.1, -0.05) is 12.1 Å². The maximum atomic E-state index is 11.4. The molecule has 4 aromatic rings. The third-order valence-corrected chi connectivity index (χ3v) is 4.76. The summed E-state index contributed by atoms with van der Waals surface area (Å²) in [6, 6.07) is 9.12. The SMILES string of the molecule is O=c1[nH]c(O)c(/C=c2\cnn3c(=NC4CC4)cc(NCc4cccc(O)c4)nc23)[nH]1. The zero-order chi connectivity index (χ0) is 20.7. The molecule has 0 bridgehead atoms.